The second-order valence-corrected chi connectivity index (χ2v) is 6.32. The van der Waals surface area contributed by atoms with Crippen molar-refractivity contribution in [3.8, 4) is 11.8 Å². The molecule has 2 atom stereocenters. The Bertz CT molecular complexity index is 692. The van der Waals surface area contributed by atoms with Crippen LogP contribution in [-0.4, -0.2) is 39.1 Å². The van der Waals surface area contributed by atoms with Gasteiger partial charge in [-0.1, -0.05) is 0 Å². The fraction of sp³-hybridized carbons (Fsp3) is 0.267. The molecular weight excluding hydrogens is 304 g/mol. The van der Waals surface area contributed by atoms with Gasteiger partial charge in [0.15, 0.2) is 0 Å². The summed E-state index contributed by atoms with van der Waals surface area (Å²) in [6.45, 7) is 0.311. The molecule has 22 heavy (non-hydrogen) atoms. The first-order chi connectivity index (χ1) is 10.6. The van der Waals surface area contributed by atoms with Crippen LogP contribution in [0.4, 0.5) is 0 Å². The number of hydrogen-bond acceptors (Lipinski definition) is 5. The summed E-state index contributed by atoms with van der Waals surface area (Å²) in [6.07, 6.45) is 1.92. The van der Waals surface area contributed by atoms with E-state index in [4.69, 9.17) is 10.00 Å². The fourth-order valence-electron chi connectivity index (χ4n) is 2.35. The van der Waals surface area contributed by atoms with Gasteiger partial charge in [0.1, 0.15) is 18.1 Å². The van der Waals surface area contributed by atoms with Gasteiger partial charge in [-0.3, -0.25) is 9.69 Å². The van der Waals surface area contributed by atoms with Gasteiger partial charge in [-0.05, 0) is 30.3 Å². The zero-order valence-corrected chi connectivity index (χ0v) is 12.2. The number of fused-ring (bicyclic) bond motifs is 1. The maximum absolute atomic E-state index is 11.5. The second-order valence-electron chi connectivity index (χ2n) is 4.90. The number of benzene rings is 1. The van der Waals surface area contributed by atoms with Crippen molar-refractivity contribution in [2.24, 2.45) is 0 Å². The van der Waals surface area contributed by atoms with Crippen molar-refractivity contribution in [1.29, 1.82) is 5.26 Å². The van der Waals surface area contributed by atoms with Crippen LogP contribution in [0.15, 0.2) is 36.0 Å². The van der Waals surface area contributed by atoms with Gasteiger partial charge in [-0.25, -0.2) is 4.79 Å². The predicted molar refractivity (Wildman–Crippen MR) is 79.0 cm³/mol. The molecule has 112 valence electrons. The predicted octanol–water partition coefficient (Wildman–Crippen LogP) is 1.58. The second kappa shape index (κ2) is 5.73. The highest BCUT2D eigenvalue weighted by molar-refractivity contribution is 8.00. The molecule has 1 N–H and O–H groups in total. The standard InChI is InChI=1S/C15H12N2O4S/c16-7-9-1-3-10(4-2-9)21-8-11-5-12(15(19)20)17-13(18)6-14(17)22-11/h1-5,11,14H,6,8H2,(H,19,20)/t11?,14-/m1/s1. The van der Waals surface area contributed by atoms with E-state index in [-0.39, 0.29) is 22.2 Å². The van der Waals surface area contributed by atoms with Crippen molar-refractivity contribution in [3.63, 3.8) is 0 Å². The first-order valence-corrected chi connectivity index (χ1v) is 7.58. The zero-order valence-electron chi connectivity index (χ0n) is 11.4. The van der Waals surface area contributed by atoms with Gasteiger partial charge < -0.3 is 9.84 Å². The number of ether oxygens (including phenoxy) is 1. The number of nitrogens with zero attached hydrogens (tertiary/aromatic N) is 2. The lowest BCUT2D eigenvalue weighted by molar-refractivity contribution is -0.146. The summed E-state index contributed by atoms with van der Waals surface area (Å²) in [6, 6.07) is 8.75. The van der Waals surface area contributed by atoms with Crippen LogP contribution in [-0.2, 0) is 9.59 Å². The van der Waals surface area contributed by atoms with Gasteiger partial charge in [0.05, 0.1) is 28.7 Å². The number of rotatable bonds is 4. The van der Waals surface area contributed by atoms with Gasteiger partial charge in [-0.2, -0.15) is 5.26 Å². The third-order valence-electron chi connectivity index (χ3n) is 3.46. The third kappa shape index (κ3) is 2.65. The van der Waals surface area contributed by atoms with Gasteiger partial charge in [0.2, 0.25) is 5.91 Å². The highest BCUT2D eigenvalue weighted by atomic mass is 32.2. The van der Waals surface area contributed by atoms with E-state index in [0.717, 1.165) is 0 Å². The molecule has 0 radical (unpaired) electrons. The quantitative estimate of drug-likeness (QED) is 0.848. The molecule has 1 saturated heterocycles. The average Bonchev–Trinajstić information content (AvgIpc) is 2.51. The first kappa shape index (κ1) is 14.5. The summed E-state index contributed by atoms with van der Waals surface area (Å²) in [5, 5.41) is 17.7. The van der Waals surface area contributed by atoms with E-state index in [9.17, 15) is 14.7 Å². The van der Waals surface area contributed by atoms with E-state index in [1.165, 1.54) is 16.7 Å². The smallest absolute Gasteiger partial charge is 0.352 e. The summed E-state index contributed by atoms with van der Waals surface area (Å²) in [7, 11) is 0. The molecule has 0 aliphatic carbocycles. The normalized spacial score (nSPS) is 23.0. The molecule has 1 amide bonds. The van der Waals surface area contributed by atoms with Crippen LogP contribution in [0.25, 0.3) is 0 Å². The SMILES string of the molecule is N#Cc1ccc(OCC2C=C(C(=O)O)N3C(=O)C[C@H]3S2)cc1. The van der Waals surface area contributed by atoms with Crippen molar-refractivity contribution >= 4 is 23.6 Å². The van der Waals surface area contributed by atoms with Crippen molar-refractivity contribution in [2.75, 3.05) is 6.61 Å². The monoisotopic (exact) mass is 316 g/mol. The van der Waals surface area contributed by atoms with Crippen LogP contribution < -0.4 is 4.74 Å². The summed E-state index contributed by atoms with van der Waals surface area (Å²) >= 11 is 1.52. The van der Waals surface area contributed by atoms with E-state index >= 15 is 0 Å². The Morgan fingerprint density at radius 3 is 2.77 bits per heavy atom. The van der Waals surface area contributed by atoms with Gasteiger partial charge in [0.25, 0.3) is 0 Å². The van der Waals surface area contributed by atoms with Crippen LogP contribution in [0.1, 0.15) is 12.0 Å². The molecule has 6 nitrogen and oxygen atoms in total. The topological polar surface area (TPSA) is 90.6 Å². The molecule has 0 aromatic heterocycles. The van der Waals surface area contributed by atoms with Gasteiger partial charge in [-0.15, -0.1) is 11.8 Å². The molecule has 1 unspecified atom stereocenters. The number of amides is 1. The summed E-state index contributed by atoms with van der Waals surface area (Å²) in [5.41, 5.74) is 0.588. The van der Waals surface area contributed by atoms with Crippen LogP contribution in [0.5, 0.6) is 5.75 Å². The highest BCUT2D eigenvalue weighted by Gasteiger charge is 2.45. The Hall–Kier alpha value is -2.46. The number of carbonyl (C=O) groups is 2. The number of thioether (sulfide) groups is 1. The molecule has 0 bridgehead atoms. The largest absolute Gasteiger partial charge is 0.492 e. The van der Waals surface area contributed by atoms with E-state index in [1.54, 1.807) is 30.3 Å². The molecule has 1 fully saturated rings. The fourth-order valence-corrected chi connectivity index (χ4v) is 3.70. The maximum atomic E-state index is 11.5. The summed E-state index contributed by atoms with van der Waals surface area (Å²) in [4.78, 5) is 24.0. The molecule has 1 aromatic carbocycles. The average molecular weight is 316 g/mol. The number of aliphatic carboxylic acids is 1. The molecule has 0 spiro atoms. The molecule has 3 rings (SSSR count). The number of carbonyl (C=O) groups excluding carboxylic acids is 1. The Morgan fingerprint density at radius 2 is 2.18 bits per heavy atom. The summed E-state index contributed by atoms with van der Waals surface area (Å²) < 4.78 is 5.64. The van der Waals surface area contributed by atoms with Crippen molar-refractivity contribution in [2.45, 2.75) is 17.0 Å². The molecular formula is C15H12N2O4S. The number of nitriles is 1. The molecule has 2 aliphatic rings. The van der Waals surface area contributed by atoms with E-state index in [0.29, 0.717) is 24.3 Å². The number of carboxylic acid groups (broad SMARTS) is 1. The van der Waals surface area contributed by atoms with Crippen LogP contribution >= 0.6 is 11.8 Å². The van der Waals surface area contributed by atoms with Crippen LogP contribution in [0, 0.1) is 11.3 Å². The minimum atomic E-state index is -1.10. The lowest BCUT2D eigenvalue weighted by atomic mass is 10.1. The molecule has 1 aromatic rings. The lowest BCUT2D eigenvalue weighted by Crippen LogP contribution is -2.54. The molecule has 7 heteroatoms. The Balaban J connectivity index is 1.67. The van der Waals surface area contributed by atoms with Gasteiger partial charge >= 0.3 is 5.97 Å². The molecule has 0 saturated carbocycles. The van der Waals surface area contributed by atoms with Gasteiger partial charge in [0, 0.05) is 0 Å². The van der Waals surface area contributed by atoms with Crippen LogP contribution in [0.3, 0.4) is 0 Å². The lowest BCUT2D eigenvalue weighted by Gasteiger charge is -2.44. The van der Waals surface area contributed by atoms with Crippen molar-refractivity contribution in [1.82, 2.24) is 4.90 Å². The molecule has 2 aliphatic heterocycles. The minimum absolute atomic E-state index is 0.0356. The Kier molecular flexibility index (Phi) is 3.77. The zero-order chi connectivity index (χ0) is 15.7. The van der Waals surface area contributed by atoms with E-state index in [1.807, 2.05) is 6.07 Å². The van der Waals surface area contributed by atoms with Crippen molar-refractivity contribution < 1.29 is 19.4 Å². The molecule has 2 heterocycles. The Labute approximate surface area is 131 Å². The number of β-lactam (4-membered cyclic amide) rings is 1. The number of hydrogen-bond donors (Lipinski definition) is 1. The van der Waals surface area contributed by atoms with Crippen LogP contribution in [0.2, 0.25) is 0 Å². The minimum Gasteiger partial charge on any atom is -0.492 e. The maximum Gasteiger partial charge on any atom is 0.352 e. The van der Waals surface area contributed by atoms with Crippen molar-refractivity contribution in [3.05, 3.63) is 41.6 Å². The van der Waals surface area contributed by atoms with E-state index < -0.39 is 5.97 Å². The highest BCUT2D eigenvalue weighted by Crippen LogP contribution is 2.40. The van der Waals surface area contributed by atoms with E-state index in [2.05, 4.69) is 0 Å². The number of carboxylic acids is 1. The Morgan fingerprint density at radius 1 is 1.45 bits per heavy atom. The first-order valence-electron chi connectivity index (χ1n) is 6.64. The summed E-state index contributed by atoms with van der Waals surface area (Å²) in [5.74, 6) is -0.628. The third-order valence-corrected chi connectivity index (χ3v) is 4.77.